The van der Waals surface area contributed by atoms with Gasteiger partial charge in [0, 0.05) is 42.1 Å². The average Bonchev–Trinajstić information content (AvgIpc) is 2.98. The maximum absolute atomic E-state index is 12.3. The fourth-order valence-corrected chi connectivity index (χ4v) is 3.05. The van der Waals surface area contributed by atoms with E-state index in [9.17, 15) is 4.79 Å². The molecule has 1 aromatic carbocycles. The van der Waals surface area contributed by atoms with E-state index in [0.717, 1.165) is 36.8 Å². The van der Waals surface area contributed by atoms with Gasteiger partial charge in [0.15, 0.2) is 0 Å². The lowest BCUT2D eigenvalue weighted by molar-refractivity contribution is 0.0731. The largest absolute Gasteiger partial charge is 0.335 e. The molecule has 0 aliphatic carbocycles. The molecule has 0 spiro atoms. The van der Waals surface area contributed by atoms with Crippen molar-refractivity contribution in [3.63, 3.8) is 0 Å². The van der Waals surface area contributed by atoms with Gasteiger partial charge < -0.3 is 10.2 Å². The Morgan fingerprint density at radius 3 is 2.65 bits per heavy atom. The van der Waals surface area contributed by atoms with Gasteiger partial charge in [-0.15, -0.1) is 11.3 Å². The van der Waals surface area contributed by atoms with E-state index in [2.05, 4.69) is 10.3 Å². The highest BCUT2D eigenvalue weighted by atomic mass is 35.5. The standard InChI is InChI=1S/C14H14ClN3OS/c15-11-3-1-10(2-4-11)13-17-12(9-20-13)14(19)18-7-5-16-6-8-18/h1-4,9,16H,5-8H2. The summed E-state index contributed by atoms with van der Waals surface area (Å²) in [6.07, 6.45) is 0. The molecule has 3 rings (SSSR count). The van der Waals surface area contributed by atoms with E-state index in [1.165, 1.54) is 11.3 Å². The number of hydrogen-bond donors (Lipinski definition) is 1. The van der Waals surface area contributed by atoms with Crippen molar-refractivity contribution >= 4 is 28.8 Å². The minimum Gasteiger partial charge on any atom is -0.335 e. The number of hydrogen-bond acceptors (Lipinski definition) is 4. The van der Waals surface area contributed by atoms with Gasteiger partial charge in [0.25, 0.3) is 5.91 Å². The minimum atomic E-state index is 0.0166. The Morgan fingerprint density at radius 2 is 1.95 bits per heavy atom. The first-order valence-electron chi connectivity index (χ1n) is 6.45. The molecule has 0 saturated carbocycles. The van der Waals surface area contributed by atoms with Crippen LogP contribution in [0.5, 0.6) is 0 Å². The zero-order chi connectivity index (χ0) is 13.9. The third-order valence-corrected chi connectivity index (χ3v) is 4.36. The van der Waals surface area contributed by atoms with Crippen molar-refractivity contribution in [1.82, 2.24) is 15.2 Å². The number of nitrogens with one attached hydrogen (secondary N) is 1. The molecular formula is C14H14ClN3OS. The van der Waals surface area contributed by atoms with E-state index in [1.54, 1.807) is 0 Å². The Labute approximate surface area is 126 Å². The van der Waals surface area contributed by atoms with Crippen molar-refractivity contribution in [2.75, 3.05) is 26.2 Å². The van der Waals surface area contributed by atoms with Gasteiger partial charge in [0.1, 0.15) is 10.7 Å². The average molecular weight is 308 g/mol. The molecule has 1 N–H and O–H groups in total. The molecule has 20 heavy (non-hydrogen) atoms. The van der Waals surface area contributed by atoms with Crippen LogP contribution in [0, 0.1) is 0 Å². The van der Waals surface area contributed by atoms with Crippen LogP contribution < -0.4 is 5.32 Å². The first-order chi connectivity index (χ1) is 9.74. The van der Waals surface area contributed by atoms with E-state index < -0.39 is 0 Å². The lowest BCUT2D eigenvalue weighted by Gasteiger charge is -2.26. The van der Waals surface area contributed by atoms with Crippen molar-refractivity contribution in [3.05, 3.63) is 40.4 Å². The van der Waals surface area contributed by atoms with Gasteiger partial charge in [-0.25, -0.2) is 4.98 Å². The molecule has 1 fully saturated rings. The van der Waals surface area contributed by atoms with Crippen LogP contribution in [0.3, 0.4) is 0 Å². The second-order valence-corrected chi connectivity index (χ2v) is 5.88. The Bertz CT molecular complexity index is 605. The van der Waals surface area contributed by atoms with E-state index in [1.807, 2.05) is 34.5 Å². The highest BCUT2D eigenvalue weighted by Crippen LogP contribution is 2.25. The molecule has 0 atom stereocenters. The summed E-state index contributed by atoms with van der Waals surface area (Å²) in [6, 6.07) is 7.49. The SMILES string of the molecule is O=C(c1csc(-c2ccc(Cl)cc2)n1)N1CCNCC1. The summed E-state index contributed by atoms with van der Waals surface area (Å²) in [5.74, 6) is 0.0166. The first-order valence-corrected chi connectivity index (χ1v) is 7.71. The smallest absolute Gasteiger partial charge is 0.273 e. The highest BCUT2D eigenvalue weighted by molar-refractivity contribution is 7.13. The second-order valence-electron chi connectivity index (χ2n) is 4.59. The number of nitrogens with zero attached hydrogens (tertiary/aromatic N) is 2. The molecule has 1 amide bonds. The van der Waals surface area contributed by atoms with E-state index >= 15 is 0 Å². The van der Waals surface area contributed by atoms with Gasteiger partial charge in [0.2, 0.25) is 0 Å². The molecule has 1 aliphatic heterocycles. The molecule has 4 nitrogen and oxygen atoms in total. The summed E-state index contributed by atoms with van der Waals surface area (Å²) in [5.41, 5.74) is 1.51. The van der Waals surface area contributed by atoms with Crippen LogP contribution in [0.4, 0.5) is 0 Å². The molecule has 1 saturated heterocycles. The zero-order valence-corrected chi connectivity index (χ0v) is 12.4. The maximum Gasteiger partial charge on any atom is 0.273 e. The summed E-state index contributed by atoms with van der Waals surface area (Å²) in [4.78, 5) is 18.6. The topological polar surface area (TPSA) is 45.2 Å². The van der Waals surface area contributed by atoms with Gasteiger partial charge in [-0.2, -0.15) is 0 Å². The van der Waals surface area contributed by atoms with Crippen LogP contribution in [0.2, 0.25) is 5.02 Å². The Hall–Kier alpha value is -1.43. The van der Waals surface area contributed by atoms with E-state index in [0.29, 0.717) is 10.7 Å². The summed E-state index contributed by atoms with van der Waals surface area (Å²) < 4.78 is 0. The Balaban J connectivity index is 1.79. The number of carbonyl (C=O) groups excluding carboxylic acids is 1. The van der Waals surface area contributed by atoms with Gasteiger partial charge in [-0.05, 0) is 12.1 Å². The van der Waals surface area contributed by atoms with E-state index in [4.69, 9.17) is 11.6 Å². The van der Waals surface area contributed by atoms with Crippen molar-refractivity contribution < 1.29 is 4.79 Å². The molecule has 1 aliphatic rings. The minimum absolute atomic E-state index is 0.0166. The number of thiazole rings is 1. The van der Waals surface area contributed by atoms with Crippen molar-refractivity contribution in [3.8, 4) is 10.6 Å². The van der Waals surface area contributed by atoms with Gasteiger partial charge >= 0.3 is 0 Å². The number of piperazine rings is 1. The Kier molecular flexibility index (Phi) is 4.00. The summed E-state index contributed by atoms with van der Waals surface area (Å²) in [5, 5.41) is 6.60. The quantitative estimate of drug-likeness (QED) is 0.927. The summed E-state index contributed by atoms with van der Waals surface area (Å²) in [7, 11) is 0. The van der Waals surface area contributed by atoms with Crippen LogP contribution in [-0.2, 0) is 0 Å². The predicted molar refractivity (Wildman–Crippen MR) is 81.3 cm³/mol. The Morgan fingerprint density at radius 1 is 1.25 bits per heavy atom. The number of carbonyl (C=O) groups is 1. The van der Waals surface area contributed by atoms with Crippen LogP contribution >= 0.6 is 22.9 Å². The van der Waals surface area contributed by atoms with Gasteiger partial charge in [-0.3, -0.25) is 4.79 Å². The van der Waals surface area contributed by atoms with Crippen LogP contribution in [0.1, 0.15) is 10.5 Å². The van der Waals surface area contributed by atoms with Gasteiger partial charge in [0.05, 0.1) is 0 Å². The third-order valence-electron chi connectivity index (χ3n) is 3.22. The van der Waals surface area contributed by atoms with Crippen LogP contribution in [0.15, 0.2) is 29.6 Å². The number of amides is 1. The molecule has 6 heteroatoms. The predicted octanol–water partition coefficient (Wildman–Crippen LogP) is 2.51. The summed E-state index contributed by atoms with van der Waals surface area (Å²) >= 11 is 7.36. The number of rotatable bonds is 2. The molecule has 1 aromatic heterocycles. The van der Waals surface area contributed by atoms with Crippen LogP contribution in [-0.4, -0.2) is 42.0 Å². The van der Waals surface area contributed by atoms with Crippen molar-refractivity contribution in [1.29, 1.82) is 0 Å². The highest BCUT2D eigenvalue weighted by Gasteiger charge is 2.20. The fourth-order valence-electron chi connectivity index (χ4n) is 2.13. The first kappa shape index (κ1) is 13.5. The summed E-state index contributed by atoms with van der Waals surface area (Å²) in [6.45, 7) is 3.18. The third kappa shape index (κ3) is 2.85. The van der Waals surface area contributed by atoms with E-state index in [-0.39, 0.29) is 5.91 Å². The fraction of sp³-hybridized carbons (Fsp3) is 0.286. The molecule has 0 radical (unpaired) electrons. The molecule has 0 bridgehead atoms. The van der Waals surface area contributed by atoms with Crippen molar-refractivity contribution in [2.24, 2.45) is 0 Å². The normalized spacial score (nSPS) is 15.3. The zero-order valence-electron chi connectivity index (χ0n) is 10.8. The van der Waals surface area contributed by atoms with Crippen LogP contribution in [0.25, 0.3) is 10.6 Å². The van der Waals surface area contributed by atoms with Gasteiger partial charge in [-0.1, -0.05) is 23.7 Å². The van der Waals surface area contributed by atoms with Crippen molar-refractivity contribution in [2.45, 2.75) is 0 Å². The molecular weight excluding hydrogens is 294 g/mol. The molecule has 104 valence electrons. The lowest BCUT2D eigenvalue weighted by atomic mass is 10.2. The number of benzene rings is 1. The monoisotopic (exact) mass is 307 g/mol. The molecule has 2 heterocycles. The second kappa shape index (κ2) is 5.91. The molecule has 2 aromatic rings. The number of halogens is 1. The maximum atomic E-state index is 12.3. The number of aromatic nitrogens is 1. The lowest BCUT2D eigenvalue weighted by Crippen LogP contribution is -2.46. The molecule has 0 unspecified atom stereocenters.